The van der Waals surface area contributed by atoms with E-state index in [0.717, 1.165) is 34.0 Å². The van der Waals surface area contributed by atoms with Gasteiger partial charge >= 0.3 is 0 Å². The number of methoxy groups -OCH3 is 1. The zero-order valence-corrected chi connectivity index (χ0v) is 16.5. The molecule has 5 heteroatoms. The SMILES string of the molecule is CCc1ccc(NC(=O)c2cc3c(c4ccccc4n3C)n2CCOC)cc1. The van der Waals surface area contributed by atoms with Crippen LogP contribution in [0.2, 0.25) is 0 Å². The minimum atomic E-state index is -0.111. The highest BCUT2D eigenvalue weighted by Gasteiger charge is 2.20. The molecule has 1 N–H and O–H groups in total. The predicted octanol–water partition coefficient (Wildman–Crippen LogP) is 4.59. The van der Waals surface area contributed by atoms with E-state index in [-0.39, 0.29) is 5.91 Å². The van der Waals surface area contributed by atoms with Crippen LogP contribution in [0.5, 0.6) is 0 Å². The summed E-state index contributed by atoms with van der Waals surface area (Å²) in [7, 11) is 3.72. The Labute approximate surface area is 164 Å². The number of benzene rings is 2. The van der Waals surface area contributed by atoms with Gasteiger partial charge in [0.25, 0.3) is 5.91 Å². The van der Waals surface area contributed by atoms with E-state index in [1.165, 1.54) is 5.56 Å². The zero-order valence-electron chi connectivity index (χ0n) is 16.5. The van der Waals surface area contributed by atoms with Crippen LogP contribution in [0.15, 0.2) is 54.6 Å². The summed E-state index contributed by atoms with van der Waals surface area (Å²) in [5.74, 6) is -0.111. The van der Waals surface area contributed by atoms with Crippen LogP contribution in [0, 0.1) is 0 Å². The molecule has 0 atom stereocenters. The van der Waals surface area contributed by atoms with E-state index >= 15 is 0 Å². The summed E-state index contributed by atoms with van der Waals surface area (Å²) in [5, 5.41) is 4.18. The molecule has 28 heavy (non-hydrogen) atoms. The van der Waals surface area contributed by atoms with Gasteiger partial charge in [0.1, 0.15) is 5.69 Å². The maximum atomic E-state index is 13.1. The second kappa shape index (κ2) is 7.52. The molecule has 2 aromatic carbocycles. The third-order valence-corrected chi connectivity index (χ3v) is 5.33. The van der Waals surface area contributed by atoms with Crippen LogP contribution in [-0.2, 0) is 24.8 Å². The highest BCUT2D eigenvalue weighted by Crippen LogP contribution is 2.31. The van der Waals surface area contributed by atoms with Crippen LogP contribution in [0.4, 0.5) is 5.69 Å². The summed E-state index contributed by atoms with van der Waals surface area (Å²) in [6, 6.07) is 18.2. The number of fused-ring (bicyclic) bond motifs is 3. The third kappa shape index (κ3) is 3.08. The van der Waals surface area contributed by atoms with Crippen LogP contribution < -0.4 is 5.32 Å². The molecule has 0 bridgehead atoms. The summed E-state index contributed by atoms with van der Waals surface area (Å²) in [6.45, 7) is 3.27. The summed E-state index contributed by atoms with van der Waals surface area (Å²) in [6.07, 6.45) is 0.979. The first-order valence-corrected chi connectivity index (χ1v) is 9.60. The van der Waals surface area contributed by atoms with Crippen molar-refractivity contribution in [1.29, 1.82) is 0 Å². The van der Waals surface area contributed by atoms with Crippen molar-refractivity contribution in [3.63, 3.8) is 0 Å². The van der Waals surface area contributed by atoms with Crippen LogP contribution >= 0.6 is 0 Å². The highest BCUT2D eigenvalue weighted by molar-refractivity contribution is 6.12. The van der Waals surface area contributed by atoms with Crippen LogP contribution in [-0.4, -0.2) is 28.8 Å². The van der Waals surface area contributed by atoms with Gasteiger partial charge in [0.15, 0.2) is 0 Å². The Bertz CT molecular complexity index is 1140. The summed E-state index contributed by atoms with van der Waals surface area (Å²) in [5.41, 5.74) is 5.96. The lowest BCUT2D eigenvalue weighted by Gasteiger charge is -2.11. The number of anilines is 1. The lowest BCUT2D eigenvalue weighted by molar-refractivity contribution is 0.101. The third-order valence-electron chi connectivity index (χ3n) is 5.33. The van der Waals surface area contributed by atoms with Gasteiger partial charge in [0.05, 0.1) is 23.2 Å². The highest BCUT2D eigenvalue weighted by atomic mass is 16.5. The number of nitrogens with one attached hydrogen (secondary N) is 1. The van der Waals surface area contributed by atoms with Gasteiger partial charge in [0.2, 0.25) is 0 Å². The molecule has 2 aromatic heterocycles. The summed E-state index contributed by atoms with van der Waals surface area (Å²) < 4.78 is 9.51. The molecular weight excluding hydrogens is 350 g/mol. The number of nitrogens with zero attached hydrogens (tertiary/aromatic N) is 2. The number of aryl methyl sites for hydroxylation is 2. The molecule has 0 aliphatic rings. The molecule has 0 radical (unpaired) electrons. The number of carbonyl (C=O) groups excluding carboxylic acids is 1. The lowest BCUT2D eigenvalue weighted by Crippen LogP contribution is -2.18. The Morgan fingerprint density at radius 1 is 1.07 bits per heavy atom. The van der Waals surface area contributed by atoms with Crippen molar-refractivity contribution < 1.29 is 9.53 Å². The fraction of sp³-hybridized carbons (Fsp3) is 0.261. The topological polar surface area (TPSA) is 48.2 Å². The maximum absolute atomic E-state index is 13.1. The quantitative estimate of drug-likeness (QED) is 0.536. The smallest absolute Gasteiger partial charge is 0.272 e. The van der Waals surface area contributed by atoms with Gasteiger partial charge in [-0.25, -0.2) is 0 Å². The molecule has 144 valence electrons. The van der Waals surface area contributed by atoms with Crippen molar-refractivity contribution in [3.05, 3.63) is 65.9 Å². The Kier molecular flexibility index (Phi) is 4.92. The van der Waals surface area contributed by atoms with Crippen molar-refractivity contribution in [2.24, 2.45) is 7.05 Å². The first kappa shape index (κ1) is 18.3. The number of carbonyl (C=O) groups is 1. The normalized spacial score (nSPS) is 11.4. The fourth-order valence-corrected chi connectivity index (χ4v) is 3.79. The first-order chi connectivity index (χ1) is 13.6. The number of para-hydroxylation sites is 1. The number of hydrogen-bond donors (Lipinski definition) is 1. The Morgan fingerprint density at radius 2 is 1.82 bits per heavy atom. The Hall–Kier alpha value is -3.05. The van der Waals surface area contributed by atoms with Crippen molar-refractivity contribution in [2.75, 3.05) is 19.0 Å². The standard InChI is InChI=1S/C23H25N3O2/c1-4-16-9-11-17(12-10-16)24-23(27)21-15-20-22(26(21)13-14-28-3)18-7-5-6-8-19(18)25(20)2/h5-12,15H,4,13-14H2,1-3H3,(H,24,27). The molecule has 0 aliphatic carbocycles. The molecular formula is C23H25N3O2. The summed E-state index contributed by atoms with van der Waals surface area (Å²) >= 11 is 0. The van der Waals surface area contributed by atoms with Gasteiger partial charge in [-0.2, -0.15) is 0 Å². The van der Waals surface area contributed by atoms with Crippen molar-refractivity contribution in [2.45, 2.75) is 19.9 Å². The average molecular weight is 375 g/mol. The van der Waals surface area contributed by atoms with E-state index < -0.39 is 0 Å². The zero-order chi connectivity index (χ0) is 19.7. The summed E-state index contributed by atoms with van der Waals surface area (Å²) in [4.78, 5) is 13.1. The number of ether oxygens (including phenoxy) is 1. The number of hydrogen-bond acceptors (Lipinski definition) is 2. The second-order valence-corrected chi connectivity index (χ2v) is 6.99. The molecule has 4 rings (SSSR count). The maximum Gasteiger partial charge on any atom is 0.272 e. The molecule has 5 nitrogen and oxygen atoms in total. The number of aromatic nitrogens is 2. The van der Waals surface area contributed by atoms with E-state index in [1.807, 2.05) is 49.5 Å². The monoisotopic (exact) mass is 375 g/mol. The van der Waals surface area contributed by atoms with Gasteiger partial charge < -0.3 is 19.2 Å². The Morgan fingerprint density at radius 3 is 2.54 bits per heavy atom. The molecule has 4 aromatic rings. The van der Waals surface area contributed by atoms with E-state index in [9.17, 15) is 4.79 Å². The van der Waals surface area contributed by atoms with Gasteiger partial charge in [0, 0.05) is 31.8 Å². The molecule has 0 saturated heterocycles. The van der Waals surface area contributed by atoms with E-state index in [4.69, 9.17) is 4.74 Å². The van der Waals surface area contributed by atoms with Gasteiger partial charge in [-0.15, -0.1) is 0 Å². The molecule has 0 aliphatic heterocycles. The van der Waals surface area contributed by atoms with Crippen LogP contribution in [0.1, 0.15) is 23.0 Å². The largest absolute Gasteiger partial charge is 0.383 e. The number of amides is 1. The fourth-order valence-electron chi connectivity index (χ4n) is 3.79. The van der Waals surface area contributed by atoms with Crippen LogP contribution in [0.25, 0.3) is 21.9 Å². The molecule has 0 spiro atoms. The molecule has 2 heterocycles. The van der Waals surface area contributed by atoms with Crippen molar-refractivity contribution in [3.8, 4) is 0 Å². The van der Waals surface area contributed by atoms with E-state index in [2.05, 4.69) is 33.5 Å². The Balaban J connectivity index is 1.78. The molecule has 0 fully saturated rings. The van der Waals surface area contributed by atoms with Crippen molar-refractivity contribution >= 4 is 33.5 Å². The minimum absolute atomic E-state index is 0.111. The molecule has 0 unspecified atom stereocenters. The second-order valence-electron chi connectivity index (χ2n) is 6.99. The first-order valence-electron chi connectivity index (χ1n) is 9.60. The number of rotatable bonds is 6. The lowest BCUT2D eigenvalue weighted by atomic mass is 10.1. The molecule has 0 saturated carbocycles. The van der Waals surface area contributed by atoms with Gasteiger partial charge in [-0.1, -0.05) is 37.3 Å². The molecule has 1 amide bonds. The minimum Gasteiger partial charge on any atom is -0.383 e. The average Bonchev–Trinajstić information content (AvgIpc) is 3.23. The van der Waals surface area contributed by atoms with Crippen LogP contribution in [0.3, 0.4) is 0 Å². The van der Waals surface area contributed by atoms with E-state index in [1.54, 1.807) is 7.11 Å². The van der Waals surface area contributed by atoms with Gasteiger partial charge in [-0.05, 0) is 36.2 Å². The van der Waals surface area contributed by atoms with Gasteiger partial charge in [-0.3, -0.25) is 4.79 Å². The van der Waals surface area contributed by atoms with E-state index in [0.29, 0.717) is 18.8 Å². The predicted molar refractivity (Wildman–Crippen MR) is 114 cm³/mol. The van der Waals surface area contributed by atoms with Crippen molar-refractivity contribution in [1.82, 2.24) is 9.13 Å².